The number of hydrogen-bond donors (Lipinski definition) is 2. The molecule has 20 heavy (non-hydrogen) atoms. The molecule has 7 nitrogen and oxygen atoms in total. The molecule has 2 N–H and O–H groups in total. The lowest BCUT2D eigenvalue weighted by molar-refractivity contribution is 0.600. The van der Waals surface area contributed by atoms with Crippen LogP contribution < -0.4 is 15.7 Å². The largest absolute Gasteiger partial charge is 0.366 e. The van der Waals surface area contributed by atoms with Crippen molar-refractivity contribution in [3.63, 3.8) is 0 Å². The zero-order valence-electron chi connectivity index (χ0n) is 10.7. The lowest BCUT2D eigenvalue weighted by Gasteiger charge is -2.09. The van der Waals surface area contributed by atoms with Gasteiger partial charge in [-0.1, -0.05) is 0 Å². The molecule has 0 aliphatic carbocycles. The second-order valence-electron chi connectivity index (χ2n) is 4.02. The zero-order valence-corrected chi connectivity index (χ0v) is 11.5. The molecule has 0 aliphatic heterocycles. The summed E-state index contributed by atoms with van der Waals surface area (Å²) in [5, 5.41) is 0. The highest BCUT2D eigenvalue weighted by Crippen LogP contribution is 2.11. The minimum atomic E-state index is -3.99. The standard InChI is InChI=1S/C12H13N3O4S/c1-2-15-8-9(3-4-12(15)17)14-20(18,19)11-7-13-6-5-10(11)16/h3-8,14H,2H2,1H3,(H,13,16). The maximum Gasteiger partial charge on any atom is 0.267 e. The van der Waals surface area contributed by atoms with Crippen LogP contribution in [0.1, 0.15) is 6.92 Å². The molecule has 0 atom stereocenters. The van der Waals surface area contributed by atoms with E-state index in [1.807, 2.05) is 0 Å². The number of hydrogen-bond acceptors (Lipinski definition) is 4. The average Bonchev–Trinajstić information content (AvgIpc) is 2.41. The number of nitrogens with one attached hydrogen (secondary N) is 2. The maximum atomic E-state index is 12.1. The Morgan fingerprint density at radius 3 is 2.65 bits per heavy atom. The van der Waals surface area contributed by atoms with E-state index >= 15 is 0 Å². The van der Waals surface area contributed by atoms with E-state index in [1.54, 1.807) is 6.92 Å². The van der Waals surface area contributed by atoms with Crippen LogP contribution in [0.4, 0.5) is 5.69 Å². The van der Waals surface area contributed by atoms with E-state index in [9.17, 15) is 18.0 Å². The first-order valence-electron chi connectivity index (χ1n) is 5.84. The molecular weight excluding hydrogens is 282 g/mol. The lowest BCUT2D eigenvalue weighted by Crippen LogP contribution is -2.23. The van der Waals surface area contributed by atoms with Crippen LogP contribution in [0, 0.1) is 0 Å². The monoisotopic (exact) mass is 295 g/mol. The van der Waals surface area contributed by atoms with Crippen LogP contribution >= 0.6 is 0 Å². The highest BCUT2D eigenvalue weighted by molar-refractivity contribution is 7.92. The van der Waals surface area contributed by atoms with Crippen LogP contribution in [0.3, 0.4) is 0 Å². The summed E-state index contributed by atoms with van der Waals surface area (Å²) in [6, 6.07) is 3.74. The van der Waals surface area contributed by atoms with Crippen molar-refractivity contribution in [1.29, 1.82) is 0 Å². The van der Waals surface area contributed by atoms with Crippen molar-refractivity contribution in [2.45, 2.75) is 18.4 Å². The number of aromatic nitrogens is 2. The SMILES string of the molecule is CCn1cc(NS(=O)(=O)c2c[nH]ccc2=O)ccc1=O. The van der Waals surface area contributed by atoms with Gasteiger partial charge in [-0.3, -0.25) is 14.3 Å². The predicted octanol–water partition coefficient (Wildman–Crippen LogP) is 0.357. The molecule has 0 amide bonds. The smallest absolute Gasteiger partial charge is 0.267 e. The van der Waals surface area contributed by atoms with Gasteiger partial charge in [0.25, 0.3) is 15.6 Å². The maximum absolute atomic E-state index is 12.1. The molecule has 0 aromatic carbocycles. The van der Waals surface area contributed by atoms with Crippen LogP contribution in [-0.2, 0) is 16.6 Å². The third-order valence-corrected chi connectivity index (χ3v) is 4.06. The normalized spacial score (nSPS) is 11.2. The third kappa shape index (κ3) is 2.80. The van der Waals surface area contributed by atoms with Crippen molar-refractivity contribution in [2.24, 2.45) is 0 Å². The molecule has 0 unspecified atom stereocenters. The molecule has 0 fully saturated rings. The van der Waals surface area contributed by atoms with E-state index in [2.05, 4.69) is 9.71 Å². The number of anilines is 1. The highest BCUT2D eigenvalue weighted by Gasteiger charge is 2.17. The van der Waals surface area contributed by atoms with Gasteiger partial charge in [-0.05, 0) is 13.0 Å². The first-order valence-corrected chi connectivity index (χ1v) is 7.33. The summed E-state index contributed by atoms with van der Waals surface area (Å²) in [6.07, 6.45) is 3.84. The topological polar surface area (TPSA) is 101 Å². The number of aromatic amines is 1. The van der Waals surface area contributed by atoms with Gasteiger partial charge in [0.2, 0.25) is 5.43 Å². The molecule has 2 rings (SSSR count). The van der Waals surface area contributed by atoms with Gasteiger partial charge in [-0.25, -0.2) is 8.42 Å². The molecule has 2 aromatic heterocycles. The average molecular weight is 295 g/mol. The Morgan fingerprint density at radius 1 is 1.25 bits per heavy atom. The van der Waals surface area contributed by atoms with Gasteiger partial charge in [0, 0.05) is 37.3 Å². The fourth-order valence-electron chi connectivity index (χ4n) is 1.66. The molecule has 8 heteroatoms. The van der Waals surface area contributed by atoms with Crippen molar-refractivity contribution < 1.29 is 8.42 Å². The number of pyridine rings is 2. The Balaban J connectivity index is 2.41. The summed E-state index contributed by atoms with van der Waals surface area (Å²) in [5.41, 5.74) is -0.622. The minimum Gasteiger partial charge on any atom is -0.366 e. The van der Waals surface area contributed by atoms with Crippen LogP contribution in [0.2, 0.25) is 0 Å². The number of H-pyrrole nitrogens is 1. The highest BCUT2D eigenvalue weighted by atomic mass is 32.2. The molecule has 0 saturated carbocycles. The third-order valence-electron chi connectivity index (χ3n) is 2.65. The van der Waals surface area contributed by atoms with Crippen molar-refractivity contribution >= 4 is 15.7 Å². The molecule has 2 heterocycles. The number of aryl methyl sites for hydroxylation is 1. The summed E-state index contributed by atoms with van der Waals surface area (Å²) in [7, 11) is -3.99. The first kappa shape index (κ1) is 14.1. The van der Waals surface area contributed by atoms with Gasteiger partial charge in [0.05, 0.1) is 5.69 Å². The Hall–Kier alpha value is -2.35. The zero-order chi connectivity index (χ0) is 14.8. The Morgan fingerprint density at radius 2 is 2.00 bits per heavy atom. The first-order chi connectivity index (χ1) is 9.44. The molecule has 0 bridgehead atoms. The Bertz CT molecular complexity index is 836. The summed E-state index contributed by atoms with van der Waals surface area (Å²) in [4.78, 5) is 25.1. The summed E-state index contributed by atoms with van der Waals surface area (Å²) in [5.74, 6) is 0. The second kappa shape index (κ2) is 5.33. The fraction of sp³-hybridized carbons (Fsp3) is 0.167. The molecule has 0 spiro atoms. The lowest BCUT2D eigenvalue weighted by atomic mass is 10.4. The van der Waals surface area contributed by atoms with Crippen LogP contribution in [0.5, 0.6) is 0 Å². The molecule has 106 valence electrons. The van der Waals surface area contributed by atoms with Crippen molar-refractivity contribution in [1.82, 2.24) is 9.55 Å². The van der Waals surface area contributed by atoms with Crippen LogP contribution in [0.15, 0.2) is 51.3 Å². The van der Waals surface area contributed by atoms with E-state index in [-0.39, 0.29) is 16.1 Å². The number of sulfonamides is 1. The summed E-state index contributed by atoms with van der Waals surface area (Å²) in [6.45, 7) is 2.18. The van der Waals surface area contributed by atoms with E-state index in [1.165, 1.54) is 29.1 Å². The van der Waals surface area contributed by atoms with Gasteiger partial charge in [0.1, 0.15) is 0 Å². The van der Waals surface area contributed by atoms with Crippen molar-refractivity contribution in [3.05, 3.63) is 57.4 Å². The molecular formula is C12H13N3O4S. The summed E-state index contributed by atoms with van der Waals surface area (Å²) < 4.78 is 27.8. The van der Waals surface area contributed by atoms with Crippen LogP contribution in [0.25, 0.3) is 0 Å². The fourth-order valence-corrected chi connectivity index (χ4v) is 2.76. The minimum absolute atomic E-state index is 0.217. The number of rotatable bonds is 4. The van der Waals surface area contributed by atoms with Gasteiger partial charge in [-0.2, -0.15) is 0 Å². The van der Waals surface area contributed by atoms with Gasteiger partial charge in [0.15, 0.2) is 4.90 Å². The summed E-state index contributed by atoms with van der Waals surface area (Å²) >= 11 is 0. The van der Waals surface area contributed by atoms with E-state index < -0.39 is 15.5 Å². The Kier molecular flexibility index (Phi) is 3.75. The second-order valence-corrected chi connectivity index (χ2v) is 5.67. The molecule has 0 saturated heterocycles. The Labute approximate surface area is 115 Å². The van der Waals surface area contributed by atoms with Crippen molar-refractivity contribution in [2.75, 3.05) is 4.72 Å². The van der Waals surface area contributed by atoms with E-state index in [0.717, 1.165) is 12.3 Å². The molecule has 2 aromatic rings. The van der Waals surface area contributed by atoms with E-state index in [4.69, 9.17) is 0 Å². The predicted molar refractivity (Wildman–Crippen MR) is 74.2 cm³/mol. The van der Waals surface area contributed by atoms with Crippen molar-refractivity contribution in [3.8, 4) is 0 Å². The van der Waals surface area contributed by atoms with Crippen LogP contribution in [-0.4, -0.2) is 18.0 Å². The molecule has 0 radical (unpaired) electrons. The number of nitrogens with zero attached hydrogens (tertiary/aromatic N) is 1. The van der Waals surface area contributed by atoms with Gasteiger partial charge in [-0.15, -0.1) is 0 Å². The quantitative estimate of drug-likeness (QED) is 0.850. The van der Waals surface area contributed by atoms with Gasteiger partial charge < -0.3 is 9.55 Å². The molecule has 0 aliphatic rings. The van der Waals surface area contributed by atoms with Gasteiger partial charge >= 0.3 is 0 Å². The van der Waals surface area contributed by atoms with E-state index in [0.29, 0.717) is 6.54 Å².